The first kappa shape index (κ1) is 25.3. The molecule has 5 rings (SSSR count). The highest BCUT2D eigenvalue weighted by Crippen LogP contribution is 2.24. The van der Waals surface area contributed by atoms with Crippen LogP contribution in [0.4, 0.5) is 0 Å². The number of benzene rings is 5. The van der Waals surface area contributed by atoms with E-state index >= 15 is 0 Å². The minimum atomic E-state index is -2.72. The van der Waals surface area contributed by atoms with Crippen LogP contribution in [0.5, 0.6) is 11.5 Å². The van der Waals surface area contributed by atoms with Gasteiger partial charge in [0.25, 0.3) is 0 Å². The van der Waals surface area contributed by atoms with Crippen LogP contribution >= 0.6 is 0 Å². The Bertz CT molecular complexity index is 1280. The van der Waals surface area contributed by atoms with E-state index in [4.69, 9.17) is 8.85 Å². The highest BCUT2D eigenvalue weighted by atomic mass is 28.4. The average molecular weight is 527 g/mol. The molecule has 0 atom stereocenters. The molecule has 0 radical (unpaired) electrons. The van der Waals surface area contributed by atoms with Crippen molar-refractivity contribution in [2.45, 2.75) is 0 Å². The molecule has 38 heavy (non-hydrogen) atoms. The van der Waals surface area contributed by atoms with Gasteiger partial charge < -0.3 is 8.85 Å². The molecule has 0 bridgehead atoms. The first-order chi connectivity index (χ1) is 18.7. The number of rotatable bonds is 10. The normalized spacial score (nSPS) is 11.4. The molecule has 0 aliphatic carbocycles. The van der Waals surface area contributed by atoms with E-state index in [0.29, 0.717) is 0 Å². The zero-order chi connectivity index (χ0) is 26.3. The molecule has 0 unspecified atom stereocenters. The molecule has 0 aliphatic heterocycles. The van der Waals surface area contributed by atoms with Gasteiger partial charge in [-0.2, -0.15) is 0 Å². The second-order valence-electron chi connectivity index (χ2n) is 9.02. The summed E-state index contributed by atoms with van der Waals surface area (Å²) in [5, 5.41) is 4.58. The van der Waals surface area contributed by atoms with Gasteiger partial charge in [-0.3, -0.25) is 0 Å². The fraction of sp³-hybridized carbons (Fsp3) is 0. The Kier molecular flexibility index (Phi) is 7.54. The molecule has 0 spiro atoms. The van der Waals surface area contributed by atoms with Gasteiger partial charge in [0.05, 0.1) is 0 Å². The van der Waals surface area contributed by atoms with Gasteiger partial charge in [-0.25, -0.2) is 0 Å². The van der Waals surface area contributed by atoms with E-state index < -0.39 is 16.6 Å². The Morgan fingerprint density at radius 1 is 0.368 bits per heavy atom. The molecule has 0 saturated heterocycles. The topological polar surface area (TPSA) is 18.5 Å². The van der Waals surface area contributed by atoms with Crippen molar-refractivity contribution in [3.8, 4) is 11.5 Å². The van der Waals surface area contributed by atoms with Crippen LogP contribution in [0, 0.1) is 0 Å². The maximum Gasteiger partial charge on any atom is 0.339 e. The van der Waals surface area contributed by atoms with Crippen LogP contribution in [-0.4, -0.2) is 16.6 Å². The van der Waals surface area contributed by atoms with Gasteiger partial charge in [0.15, 0.2) is 0 Å². The Morgan fingerprint density at radius 2 is 0.605 bits per heavy atom. The molecular formula is C34H30O2Si2. The van der Waals surface area contributed by atoms with E-state index in [1.54, 1.807) is 0 Å². The third-order valence-corrected chi connectivity index (χ3v) is 13.8. The van der Waals surface area contributed by atoms with E-state index in [-0.39, 0.29) is 0 Å². The average Bonchev–Trinajstić information content (AvgIpc) is 3.01. The van der Waals surface area contributed by atoms with Crippen molar-refractivity contribution in [2.24, 2.45) is 0 Å². The molecule has 5 aromatic rings. The highest BCUT2D eigenvalue weighted by molar-refractivity contribution is 7.02. The van der Waals surface area contributed by atoms with Gasteiger partial charge in [0.1, 0.15) is 11.5 Å². The van der Waals surface area contributed by atoms with E-state index in [2.05, 4.69) is 110 Å². The largest absolute Gasteiger partial charge is 0.531 e. The highest BCUT2D eigenvalue weighted by Gasteiger charge is 2.40. The standard InChI is InChI=1S/C34H30O2Si2/c1-3-37(31-17-9-5-10-18-31,32-19-11-6-12-20-32)35-29-25-27-30(28-26-29)36-38(4-2,33-21-13-7-14-22-33)34-23-15-8-16-24-34/h3-28H,1-2H2. The van der Waals surface area contributed by atoms with E-state index in [1.165, 1.54) is 0 Å². The zero-order valence-corrected chi connectivity index (χ0v) is 23.2. The van der Waals surface area contributed by atoms with Gasteiger partial charge in [-0.1, -0.05) is 133 Å². The van der Waals surface area contributed by atoms with Gasteiger partial charge in [0, 0.05) is 0 Å². The summed E-state index contributed by atoms with van der Waals surface area (Å²) in [7, 11) is -5.45. The Hall–Kier alpha value is -4.39. The fourth-order valence-electron chi connectivity index (χ4n) is 4.81. The first-order valence-electron chi connectivity index (χ1n) is 12.7. The van der Waals surface area contributed by atoms with Crippen LogP contribution in [0.15, 0.2) is 170 Å². The van der Waals surface area contributed by atoms with E-state index in [9.17, 15) is 0 Å². The molecule has 2 nitrogen and oxygen atoms in total. The van der Waals surface area contributed by atoms with Gasteiger partial charge in [0.2, 0.25) is 0 Å². The first-order valence-corrected chi connectivity index (χ1v) is 16.6. The van der Waals surface area contributed by atoms with Crippen LogP contribution in [-0.2, 0) is 0 Å². The van der Waals surface area contributed by atoms with Crippen LogP contribution in [0.2, 0.25) is 0 Å². The lowest BCUT2D eigenvalue weighted by Gasteiger charge is -2.31. The van der Waals surface area contributed by atoms with E-state index in [1.807, 2.05) is 59.9 Å². The summed E-state index contributed by atoms with van der Waals surface area (Å²) < 4.78 is 13.7. The molecule has 186 valence electrons. The lowest BCUT2D eigenvalue weighted by molar-refractivity contribution is 0.560. The molecule has 0 N–H and O–H groups in total. The van der Waals surface area contributed by atoms with Crippen molar-refractivity contribution in [1.82, 2.24) is 0 Å². The second kappa shape index (κ2) is 11.3. The molecule has 0 heterocycles. The Balaban J connectivity index is 1.50. The summed E-state index contributed by atoms with van der Waals surface area (Å²) in [5.41, 5.74) is 4.01. The number of hydrogen-bond donors (Lipinski definition) is 0. The van der Waals surface area contributed by atoms with Crippen molar-refractivity contribution >= 4 is 37.4 Å². The third-order valence-electron chi connectivity index (χ3n) is 6.77. The monoisotopic (exact) mass is 526 g/mol. The lowest BCUT2D eigenvalue weighted by atomic mass is 10.3. The maximum atomic E-state index is 6.86. The van der Waals surface area contributed by atoms with Crippen molar-refractivity contribution < 1.29 is 8.85 Å². The maximum absolute atomic E-state index is 6.86. The quantitative estimate of drug-likeness (QED) is 0.227. The summed E-state index contributed by atoms with van der Waals surface area (Å²) in [6, 6.07) is 49.5. The zero-order valence-electron chi connectivity index (χ0n) is 21.2. The molecule has 0 amide bonds. The molecule has 0 aromatic heterocycles. The molecule has 0 aliphatic rings. The van der Waals surface area contributed by atoms with Gasteiger partial charge in [-0.05, 0) is 45.0 Å². The van der Waals surface area contributed by atoms with Crippen LogP contribution < -0.4 is 29.6 Å². The molecule has 4 heteroatoms. The van der Waals surface area contributed by atoms with Crippen molar-refractivity contribution in [3.63, 3.8) is 0 Å². The molecule has 0 saturated carbocycles. The van der Waals surface area contributed by atoms with Crippen LogP contribution in [0.25, 0.3) is 0 Å². The smallest absolute Gasteiger partial charge is 0.339 e. The van der Waals surface area contributed by atoms with Crippen LogP contribution in [0.1, 0.15) is 0 Å². The fourth-order valence-corrected chi connectivity index (χ4v) is 10.8. The van der Waals surface area contributed by atoms with Gasteiger partial charge >= 0.3 is 16.6 Å². The van der Waals surface area contributed by atoms with Crippen molar-refractivity contribution in [1.29, 1.82) is 0 Å². The summed E-state index contributed by atoms with van der Waals surface area (Å²) >= 11 is 0. The minimum absolute atomic E-state index is 0.780. The Morgan fingerprint density at radius 3 is 0.816 bits per heavy atom. The molecule has 0 fully saturated rings. The van der Waals surface area contributed by atoms with Gasteiger partial charge in [-0.15, -0.1) is 13.2 Å². The SMILES string of the molecule is C=C[Si](Oc1ccc(O[Si](C=C)(c2ccccc2)c2ccccc2)cc1)(c1ccccc1)c1ccccc1. The lowest BCUT2D eigenvalue weighted by Crippen LogP contribution is -2.62. The third kappa shape index (κ3) is 4.92. The van der Waals surface area contributed by atoms with Crippen LogP contribution in [0.3, 0.4) is 0 Å². The summed E-state index contributed by atoms with van der Waals surface area (Å²) in [6.45, 7) is 8.47. The summed E-state index contributed by atoms with van der Waals surface area (Å²) in [4.78, 5) is 0. The van der Waals surface area contributed by atoms with E-state index in [0.717, 1.165) is 32.2 Å². The predicted molar refractivity (Wildman–Crippen MR) is 164 cm³/mol. The number of hydrogen-bond acceptors (Lipinski definition) is 2. The molecule has 5 aromatic carbocycles. The Labute approximate surface area is 227 Å². The van der Waals surface area contributed by atoms with Crippen molar-refractivity contribution in [2.75, 3.05) is 0 Å². The predicted octanol–water partition coefficient (Wildman–Crippen LogP) is 5.41. The molecular weight excluding hydrogens is 497 g/mol. The second-order valence-corrected chi connectivity index (χ2v) is 15.5. The summed E-state index contributed by atoms with van der Waals surface area (Å²) in [6.07, 6.45) is 0. The van der Waals surface area contributed by atoms with Crippen molar-refractivity contribution in [3.05, 3.63) is 170 Å². The summed E-state index contributed by atoms with van der Waals surface area (Å²) in [5.74, 6) is 1.56. The minimum Gasteiger partial charge on any atom is -0.531 e.